The largest absolute Gasteiger partial charge is 0.496 e. The SMILES string of the molecule is COc1cc(C)ccc1C(C)NCCNC(=O)C1CC1. The van der Waals surface area contributed by atoms with Gasteiger partial charge in [-0.25, -0.2) is 0 Å². The van der Waals surface area contributed by atoms with Crippen molar-refractivity contribution in [1.29, 1.82) is 0 Å². The molecule has 1 fully saturated rings. The van der Waals surface area contributed by atoms with Gasteiger partial charge >= 0.3 is 0 Å². The van der Waals surface area contributed by atoms with E-state index in [4.69, 9.17) is 4.74 Å². The van der Waals surface area contributed by atoms with Gasteiger partial charge < -0.3 is 15.4 Å². The van der Waals surface area contributed by atoms with E-state index >= 15 is 0 Å². The maximum absolute atomic E-state index is 11.5. The van der Waals surface area contributed by atoms with Crippen LogP contribution in [-0.4, -0.2) is 26.1 Å². The third-order valence-corrected chi connectivity index (χ3v) is 3.68. The molecule has 4 nitrogen and oxygen atoms in total. The van der Waals surface area contributed by atoms with Gasteiger partial charge in [-0.1, -0.05) is 12.1 Å². The number of carbonyl (C=O) groups is 1. The summed E-state index contributed by atoms with van der Waals surface area (Å²) in [5.41, 5.74) is 2.33. The molecule has 2 N–H and O–H groups in total. The highest BCUT2D eigenvalue weighted by Crippen LogP contribution is 2.28. The number of amides is 1. The molecule has 1 unspecified atom stereocenters. The fourth-order valence-corrected chi connectivity index (χ4v) is 2.25. The fraction of sp³-hybridized carbons (Fsp3) is 0.562. The first-order valence-corrected chi connectivity index (χ1v) is 7.27. The Balaban J connectivity index is 1.78. The van der Waals surface area contributed by atoms with Crippen molar-refractivity contribution in [1.82, 2.24) is 10.6 Å². The zero-order chi connectivity index (χ0) is 14.5. The Kier molecular flexibility index (Phi) is 5.01. The van der Waals surface area contributed by atoms with Gasteiger partial charge in [0.15, 0.2) is 0 Å². The lowest BCUT2D eigenvalue weighted by Gasteiger charge is -2.18. The smallest absolute Gasteiger partial charge is 0.223 e. The number of aryl methyl sites for hydroxylation is 1. The van der Waals surface area contributed by atoms with E-state index in [1.807, 2.05) is 6.07 Å². The lowest BCUT2D eigenvalue weighted by molar-refractivity contribution is -0.122. The Labute approximate surface area is 120 Å². The molecule has 1 amide bonds. The fourth-order valence-electron chi connectivity index (χ4n) is 2.25. The molecule has 4 heteroatoms. The van der Waals surface area contributed by atoms with Crippen molar-refractivity contribution in [2.75, 3.05) is 20.2 Å². The van der Waals surface area contributed by atoms with Gasteiger partial charge in [0.05, 0.1) is 7.11 Å². The highest BCUT2D eigenvalue weighted by Gasteiger charge is 2.28. The summed E-state index contributed by atoms with van der Waals surface area (Å²) in [5, 5.41) is 6.37. The summed E-state index contributed by atoms with van der Waals surface area (Å²) < 4.78 is 5.42. The van der Waals surface area contributed by atoms with E-state index in [2.05, 4.69) is 36.6 Å². The van der Waals surface area contributed by atoms with Crippen LogP contribution in [0.1, 0.15) is 36.9 Å². The maximum Gasteiger partial charge on any atom is 0.223 e. The number of benzene rings is 1. The predicted octanol–water partition coefficient (Wildman–Crippen LogP) is 2.18. The lowest BCUT2D eigenvalue weighted by Crippen LogP contribution is -2.33. The summed E-state index contributed by atoms with van der Waals surface area (Å²) in [6, 6.07) is 6.42. The molecule has 1 aliphatic carbocycles. The van der Waals surface area contributed by atoms with Gasteiger partial charge in [0.1, 0.15) is 5.75 Å². The van der Waals surface area contributed by atoms with E-state index in [0.717, 1.165) is 30.7 Å². The molecular weight excluding hydrogens is 252 g/mol. The first-order valence-electron chi connectivity index (χ1n) is 7.27. The first-order chi connectivity index (χ1) is 9.61. The Hall–Kier alpha value is -1.55. The summed E-state index contributed by atoms with van der Waals surface area (Å²) in [7, 11) is 1.70. The van der Waals surface area contributed by atoms with Gasteiger partial charge in [0.2, 0.25) is 5.91 Å². The molecule has 2 rings (SSSR count). The van der Waals surface area contributed by atoms with Crippen molar-refractivity contribution in [3.8, 4) is 5.75 Å². The molecule has 0 heterocycles. The quantitative estimate of drug-likeness (QED) is 0.751. The van der Waals surface area contributed by atoms with Crippen molar-refractivity contribution in [2.45, 2.75) is 32.7 Å². The molecule has 1 aromatic rings. The van der Waals surface area contributed by atoms with Crippen molar-refractivity contribution < 1.29 is 9.53 Å². The number of nitrogens with one attached hydrogen (secondary N) is 2. The minimum absolute atomic E-state index is 0.198. The average molecular weight is 276 g/mol. The molecule has 0 radical (unpaired) electrons. The van der Waals surface area contributed by atoms with E-state index < -0.39 is 0 Å². The maximum atomic E-state index is 11.5. The zero-order valence-electron chi connectivity index (χ0n) is 12.5. The minimum atomic E-state index is 0.198. The summed E-state index contributed by atoms with van der Waals surface area (Å²) in [5.74, 6) is 1.39. The van der Waals surface area contributed by atoms with Crippen LogP contribution < -0.4 is 15.4 Å². The molecule has 110 valence electrons. The Bertz CT molecular complexity index is 470. The zero-order valence-corrected chi connectivity index (χ0v) is 12.5. The Morgan fingerprint density at radius 2 is 2.15 bits per heavy atom. The van der Waals surface area contributed by atoms with E-state index in [-0.39, 0.29) is 17.9 Å². The van der Waals surface area contributed by atoms with E-state index in [1.54, 1.807) is 7.11 Å². The first kappa shape index (κ1) is 14.9. The number of methoxy groups -OCH3 is 1. The second-order valence-corrected chi connectivity index (χ2v) is 5.49. The predicted molar refractivity (Wildman–Crippen MR) is 79.9 cm³/mol. The third kappa shape index (κ3) is 3.97. The number of ether oxygens (including phenoxy) is 1. The van der Waals surface area contributed by atoms with Crippen LogP contribution >= 0.6 is 0 Å². The van der Waals surface area contributed by atoms with Gasteiger partial charge in [0, 0.05) is 30.6 Å². The van der Waals surface area contributed by atoms with Crippen LogP contribution in [0, 0.1) is 12.8 Å². The summed E-state index contributed by atoms with van der Waals surface area (Å²) >= 11 is 0. The second-order valence-electron chi connectivity index (χ2n) is 5.49. The topological polar surface area (TPSA) is 50.4 Å². The van der Waals surface area contributed by atoms with Gasteiger partial charge in [-0.3, -0.25) is 4.79 Å². The number of carbonyl (C=O) groups excluding carboxylic acids is 1. The van der Waals surface area contributed by atoms with Crippen LogP contribution in [0.4, 0.5) is 0 Å². The molecule has 0 saturated heterocycles. The molecule has 1 atom stereocenters. The van der Waals surface area contributed by atoms with Gasteiger partial charge in [-0.05, 0) is 38.3 Å². The third-order valence-electron chi connectivity index (χ3n) is 3.68. The van der Waals surface area contributed by atoms with E-state index in [0.29, 0.717) is 6.54 Å². The van der Waals surface area contributed by atoms with Gasteiger partial charge in [-0.15, -0.1) is 0 Å². The van der Waals surface area contributed by atoms with Crippen LogP contribution in [-0.2, 0) is 4.79 Å². The molecule has 20 heavy (non-hydrogen) atoms. The average Bonchev–Trinajstić information content (AvgIpc) is 3.27. The van der Waals surface area contributed by atoms with Crippen LogP contribution in [0.3, 0.4) is 0 Å². The molecule has 1 saturated carbocycles. The number of hydrogen-bond donors (Lipinski definition) is 2. The molecule has 0 spiro atoms. The lowest BCUT2D eigenvalue weighted by atomic mass is 10.0. The number of rotatable bonds is 7. The van der Waals surface area contributed by atoms with Crippen LogP contribution in [0.25, 0.3) is 0 Å². The molecular formula is C16H24N2O2. The van der Waals surface area contributed by atoms with Crippen molar-refractivity contribution in [3.05, 3.63) is 29.3 Å². The highest BCUT2D eigenvalue weighted by atomic mass is 16.5. The van der Waals surface area contributed by atoms with Gasteiger partial charge in [0.25, 0.3) is 0 Å². The monoisotopic (exact) mass is 276 g/mol. The molecule has 0 aliphatic heterocycles. The summed E-state index contributed by atoms with van der Waals surface area (Å²) in [6.45, 7) is 5.60. The Morgan fingerprint density at radius 1 is 1.40 bits per heavy atom. The van der Waals surface area contributed by atoms with Crippen LogP contribution in [0.15, 0.2) is 18.2 Å². The van der Waals surface area contributed by atoms with E-state index in [9.17, 15) is 4.79 Å². The van der Waals surface area contributed by atoms with Crippen molar-refractivity contribution in [3.63, 3.8) is 0 Å². The second kappa shape index (κ2) is 6.75. The van der Waals surface area contributed by atoms with Gasteiger partial charge in [-0.2, -0.15) is 0 Å². The summed E-state index contributed by atoms with van der Waals surface area (Å²) in [4.78, 5) is 11.5. The molecule has 1 aliphatic rings. The number of hydrogen-bond acceptors (Lipinski definition) is 3. The van der Waals surface area contributed by atoms with Crippen molar-refractivity contribution >= 4 is 5.91 Å². The van der Waals surface area contributed by atoms with Crippen LogP contribution in [0.2, 0.25) is 0 Å². The highest BCUT2D eigenvalue weighted by molar-refractivity contribution is 5.80. The minimum Gasteiger partial charge on any atom is -0.496 e. The molecule has 0 aromatic heterocycles. The Morgan fingerprint density at radius 3 is 2.80 bits per heavy atom. The normalized spacial score (nSPS) is 15.8. The van der Waals surface area contributed by atoms with E-state index in [1.165, 1.54) is 5.56 Å². The molecule has 0 bridgehead atoms. The molecule has 1 aromatic carbocycles. The van der Waals surface area contributed by atoms with Crippen LogP contribution in [0.5, 0.6) is 5.75 Å². The summed E-state index contributed by atoms with van der Waals surface area (Å²) in [6.07, 6.45) is 2.10. The standard InChI is InChI=1S/C16H24N2O2/c1-11-4-7-14(15(10-11)20-3)12(2)17-8-9-18-16(19)13-5-6-13/h4,7,10,12-13,17H,5-6,8-9H2,1-3H3,(H,18,19). The van der Waals surface area contributed by atoms with Crippen molar-refractivity contribution in [2.24, 2.45) is 5.92 Å².